The Morgan fingerprint density at radius 3 is 2.52 bits per heavy atom. The number of fused-ring (bicyclic) bond motifs is 1. The van der Waals surface area contributed by atoms with Gasteiger partial charge in [0.05, 0.1) is 0 Å². The van der Waals surface area contributed by atoms with Gasteiger partial charge in [0.15, 0.2) is 0 Å². The van der Waals surface area contributed by atoms with Gasteiger partial charge in [-0.05, 0) is 57.0 Å². The lowest BCUT2D eigenvalue weighted by Crippen LogP contribution is -2.47. The first-order valence-electron chi connectivity index (χ1n) is 9.63. The summed E-state index contributed by atoms with van der Waals surface area (Å²) in [5.41, 5.74) is 4.59. The molecule has 2 aromatic heterocycles. The molecule has 0 radical (unpaired) electrons. The normalized spacial score (nSPS) is 15.6. The molecule has 1 aliphatic rings. The van der Waals surface area contributed by atoms with E-state index >= 15 is 0 Å². The summed E-state index contributed by atoms with van der Waals surface area (Å²) in [6.07, 6.45) is 4.37. The number of nitrogens with zero attached hydrogens (tertiary/aromatic N) is 4. The number of piperazine rings is 1. The zero-order valence-electron chi connectivity index (χ0n) is 16.0. The van der Waals surface area contributed by atoms with Gasteiger partial charge in [0.25, 0.3) is 0 Å². The minimum absolute atomic E-state index is 0.779. The molecular formula is C21H26ClN5. The molecule has 1 saturated heterocycles. The van der Waals surface area contributed by atoms with Crippen molar-refractivity contribution in [2.75, 3.05) is 37.6 Å². The maximum atomic E-state index is 6.07. The van der Waals surface area contributed by atoms with Crippen LogP contribution in [0.5, 0.6) is 0 Å². The topological polar surface area (TPSA) is 48.1 Å². The molecule has 6 heteroatoms. The minimum atomic E-state index is 0.779. The van der Waals surface area contributed by atoms with E-state index < -0.39 is 0 Å². The van der Waals surface area contributed by atoms with Gasteiger partial charge < -0.3 is 9.88 Å². The average molecular weight is 384 g/mol. The molecule has 3 heterocycles. The smallest absolute Gasteiger partial charge is 0.225 e. The highest BCUT2D eigenvalue weighted by Crippen LogP contribution is 2.23. The molecule has 3 aromatic rings. The number of hydrogen-bond donors (Lipinski definition) is 1. The zero-order valence-corrected chi connectivity index (χ0v) is 16.8. The molecule has 0 spiro atoms. The number of nitrogens with one attached hydrogen (secondary N) is 1. The molecular weight excluding hydrogens is 358 g/mol. The molecule has 142 valence electrons. The Bertz CT molecular complexity index is 907. The van der Waals surface area contributed by atoms with Crippen LogP contribution >= 0.6 is 11.6 Å². The fourth-order valence-electron chi connectivity index (χ4n) is 3.88. The Morgan fingerprint density at radius 2 is 1.78 bits per heavy atom. The van der Waals surface area contributed by atoms with E-state index in [4.69, 9.17) is 11.6 Å². The van der Waals surface area contributed by atoms with Gasteiger partial charge in [0.2, 0.25) is 5.95 Å². The predicted molar refractivity (Wildman–Crippen MR) is 112 cm³/mol. The first-order valence-corrected chi connectivity index (χ1v) is 10.0. The molecule has 0 atom stereocenters. The van der Waals surface area contributed by atoms with Crippen molar-refractivity contribution in [1.82, 2.24) is 19.9 Å². The Labute approximate surface area is 165 Å². The maximum absolute atomic E-state index is 6.07. The van der Waals surface area contributed by atoms with Gasteiger partial charge >= 0.3 is 0 Å². The zero-order chi connectivity index (χ0) is 18.8. The molecule has 0 bridgehead atoms. The molecule has 1 N–H and O–H groups in total. The number of anilines is 1. The summed E-state index contributed by atoms with van der Waals surface area (Å²) in [4.78, 5) is 17.4. The van der Waals surface area contributed by atoms with E-state index in [1.54, 1.807) is 0 Å². The van der Waals surface area contributed by atoms with Crippen LogP contribution in [-0.4, -0.2) is 52.6 Å². The van der Waals surface area contributed by atoms with Gasteiger partial charge in [-0.1, -0.05) is 17.7 Å². The van der Waals surface area contributed by atoms with E-state index in [1.165, 1.54) is 10.9 Å². The lowest BCUT2D eigenvalue weighted by molar-refractivity contribution is 0.254. The van der Waals surface area contributed by atoms with Crippen LogP contribution in [0.25, 0.3) is 10.9 Å². The number of hydrogen-bond acceptors (Lipinski definition) is 4. The molecule has 27 heavy (non-hydrogen) atoms. The van der Waals surface area contributed by atoms with E-state index in [1.807, 2.05) is 32.0 Å². The van der Waals surface area contributed by atoms with Crippen molar-refractivity contribution in [2.24, 2.45) is 0 Å². The lowest BCUT2D eigenvalue weighted by atomic mass is 10.1. The fourth-order valence-corrected chi connectivity index (χ4v) is 4.05. The summed E-state index contributed by atoms with van der Waals surface area (Å²) in [5.74, 6) is 0.879. The third-order valence-electron chi connectivity index (χ3n) is 5.28. The van der Waals surface area contributed by atoms with Crippen molar-refractivity contribution in [2.45, 2.75) is 26.7 Å². The highest BCUT2D eigenvalue weighted by molar-refractivity contribution is 6.31. The third-order valence-corrected chi connectivity index (χ3v) is 5.51. The Balaban J connectivity index is 1.28. The third kappa shape index (κ3) is 4.25. The predicted octanol–water partition coefficient (Wildman–Crippen LogP) is 3.98. The summed E-state index contributed by atoms with van der Waals surface area (Å²) in [6, 6.07) is 8.11. The number of rotatable bonds is 5. The number of halogens is 1. The molecule has 4 rings (SSSR count). The van der Waals surface area contributed by atoms with Gasteiger partial charge in [-0.3, -0.25) is 4.90 Å². The summed E-state index contributed by atoms with van der Waals surface area (Å²) in [6.45, 7) is 9.32. The van der Waals surface area contributed by atoms with Gasteiger partial charge in [-0.25, -0.2) is 9.97 Å². The van der Waals surface area contributed by atoms with Crippen LogP contribution in [0, 0.1) is 13.8 Å². The summed E-state index contributed by atoms with van der Waals surface area (Å²) in [7, 11) is 0. The second kappa shape index (κ2) is 7.87. The molecule has 1 fully saturated rings. The number of aromatic nitrogens is 3. The Morgan fingerprint density at radius 1 is 1.04 bits per heavy atom. The fraction of sp³-hybridized carbons (Fsp3) is 0.429. The molecule has 1 aromatic carbocycles. The van der Waals surface area contributed by atoms with E-state index in [-0.39, 0.29) is 0 Å². The quantitative estimate of drug-likeness (QED) is 0.723. The van der Waals surface area contributed by atoms with Crippen LogP contribution in [-0.2, 0) is 6.42 Å². The van der Waals surface area contributed by atoms with E-state index in [0.29, 0.717) is 0 Å². The minimum Gasteiger partial charge on any atom is -0.361 e. The number of aryl methyl sites for hydroxylation is 3. The van der Waals surface area contributed by atoms with Crippen LogP contribution < -0.4 is 4.90 Å². The highest BCUT2D eigenvalue weighted by Gasteiger charge is 2.19. The van der Waals surface area contributed by atoms with Crippen molar-refractivity contribution < 1.29 is 0 Å². The van der Waals surface area contributed by atoms with E-state index in [2.05, 4.69) is 37.0 Å². The first kappa shape index (κ1) is 18.3. The molecule has 1 aliphatic heterocycles. The first-order chi connectivity index (χ1) is 13.1. The number of benzene rings is 1. The average Bonchev–Trinajstić information content (AvgIpc) is 3.03. The van der Waals surface area contributed by atoms with Crippen LogP contribution in [0.1, 0.15) is 23.4 Å². The van der Waals surface area contributed by atoms with Gasteiger partial charge in [-0.2, -0.15) is 0 Å². The van der Waals surface area contributed by atoms with Crippen LogP contribution in [0.15, 0.2) is 30.5 Å². The highest BCUT2D eigenvalue weighted by atomic mass is 35.5. The maximum Gasteiger partial charge on any atom is 0.225 e. The monoisotopic (exact) mass is 383 g/mol. The van der Waals surface area contributed by atoms with Crippen LogP contribution in [0.2, 0.25) is 5.02 Å². The summed E-state index contributed by atoms with van der Waals surface area (Å²) in [5, 5.41) is 2.07. The summed E-state index contributed by atoms with van der Waals surface area (Å²) >= 11 is 6.07. The number of aromatic amines is 1. The van der Waals surface area contributed by atoms with Crippen LogP contribution in [0.3, 0.4) is 0 Å². The van der Waals surface area contributed by atoms with Crippen LogP contribution in [0.4, 0.5) is 5.95 Å². The van der Waals surface area contributed by atoms with E-state index in [0.717, 1.165) is 73.4 Å². The SMILES string of the molecule is Cc1cc(C)nc(N2CCN(CCCc3c[nH]c4cc(Cl)ccc34)CC2)n1. The largest absolute Gasteiger partial charge is 0.361 e. The Kier molecular flexibility index (Phi) is 5.32. The Hall–Kier alpha value is -2.11. The van der Waals surface area contributed by atoms with Gasteiger partial charge in [-0.15, -0.1) is 0 Å². The van der Waals surface area contributed by atoms with Crippen molar-refractivity contribution in [3.8, 4) is 0 Å². The van der Waals surface area contributed by atoms with Crippen molar-refractivity contribution in [3.05, 3.63) is 52.4 Å². The molecule has 0 unspecified atom stereocenters. The molecule has 0 saturated carbocycles. The van der Waals surface area contributed by atoms with Crippen molar-refractivity contribution in [1.29, 1.82) is 0 Å². The molecule has 5 nitrogen and oxygen atoms in total. The van der Waals surface area contributed by atoms with Crippen molar-refractivity contribution in [3.63, 3.8) is 0 Å². The molecule has 0 aliphatic carbocycles. The van der Waals surface area contributed by atoms with Gasteiger partial charge in [0, 0.05) is 59.7 Å². The second-order valence-corrected chi connectivity index (χ2v) is 7.82. The lowest BCUT2D eigenvalue weighted by Gasteiger charge is -2.34. The molecule has 0 amide bonds. The van der Waals surface area contributed by atoms with Crippen molar-refractivity contribution >= 4 is 28.5 Å². The summed E-state index contributed by atoms with van der Waals surface area (Å²) < 4.78 is 0. The van der Waals surface area contributed by atoms with E-state index in [9.17, 15) is 0 Å². The number of H-pyrrole nitrogens is 1. The second-order valence-electron chi connectivity index (χ2n) is 7.39. The standard InChI is InChI=1S/C21H26ClN5/c1-15-12-16(2)25-21(24-15)27-10-8-26(9-11-27)7-3-4-17-14-23-20-13-18(22)5-6-19(17)20/h5-6,12-14,23H,3-4,7-11H2,1-2H3. The van der Waals surface area contributed by atoms with Gasteiger partial charge in [0.1, 0.15) is 0 Å².